The first kappa shape index (κ1) is 10.5. The lowest BCUT2D eigenvalue weighted by molar-refractivity contribution is -0.126. The van der Waals surface area contributed by atoms with E-state index in [1.54, 1.807) is 14.2 Å². The van der Waals surface area contributed by atoms with Crippen LogP contribution in [0.2, 0.25) is 0 Å². The van der Waals surface area contributed by atoms with Crippen molar-refractivity contribution in [3.8, 4) is 0 Å². The molecule has 1 aliphatic heterocycles. The number of piperidine rings is 1. The van der Waals surface area contributed by atoms with E-state index in [9.17, 15) is 4.79 Å². The summed E-state index contributed by atoms with van der Waals surface area (Å²) in [6.45, 7) is 2.50. The van der Waals surface area contributed by atoms with Crippen LogP contribution in [0.1, 0.15) is 12.8 Å². The van der Waals surface area contributed by atoms with Gasteiger partial charge in [0.2, 0.25) is 5.91 Å². The van der Waals surface area contributed by atoms with E-state index >= 15 is 0 Å². The molecule has 0 aliphatic carbocycles. The van der Waals surface area contributed by atoms with Gasteiger partial charge in [-0.3, -0.25) is 9.69 Å². The van der Waals surface area contributed by atoms with Crippen molar-refractivity contribution in [1.82, 2.24) is 10.2 Å². The zero-order valence-electron chi connectivity index (χ0n) is 8.38. The summed E-state index contributed by atoms with van der Waals surface area (Å²) in [5.41, 5.74) is 0. The van der Waals surface area contributed by atoms with E-state index in [4.69, 9.17) is 4.74 Å². The Hall–Kier alpha value is -0.610. The van der Waals surface area contributed by atoms with Crippen molar-refractivity contribution >= 4 is 5.91 Å². The van der Waals surface area contributed by atoms with Crippen LogP contribution >= 0.6 is 0 Å². The molecule has 1 unspecified atom stereocenters. The quantitative estimate of drug-likeness (QED) is 0.677. The largest absolute Gasteiger partial charge is 0.369 e. The number of methoxy groups -OCH3 is 1. The van der Waals surface area contributed by atoms with E-state index in [1.165, 1.54) is 0 Å². The van der Waals surface area contributed by atoms with E-state index in [-0.39, 0.29) is 11.8 Å². The fourth-order valence-electron chi connectivity index (χ4n) is 1.77. The molecule has 0 radical (unpaired) electrons. The molecule has 1 rings (SSSR count). The number of amides is 1. The topological polar surface area (TPSA) is 41.6 Å². The molecule has 1 fully saturated rings. The van der Waals surface area contributed by atoms with Crippen LogP contribution in [0.15, 0.2) is 0 Å². The van der Waals surface area contributed by atoms with E-state index in [0.717, 1.165) is 25.9 Å². The van der Waals surface area contributed by atoms with Crippen LogP contribution in [0.3, 0.4) is 0 Å². The SMILES string of the molecule is CNC(=O)C1CCCN(COC)C1. The van der Waals surface area contributed by atoms with Crippen LogP contribution in [-0.4, -0.2) is 44.8 Å². The molecule has 1 saturated heterocycles. The van der Waals surface area contributed by atoms with E-state index in [0.29, 0.717) is 6.73 Å². The molecule has 13 heavy (non-hydrogen) atoms. The normalized spacial score (nSPS) is 24.3. The molecule has 1 N–H and O–H groups in total. The maximum absolute atomic E-state index is 11.3. The van der Waals surface area contributed by atoms with Gasteiger partial charge in [0.25, 0.3) is 0 Å². The summed E-state index contributed by atoms with van der Waals surface area (Å²) in [6.07, 6.45) is 2.08. The molecule has 0 aromatic heterocycles. The first-order valence-corrected chi connectivity index (χ1v) is 4.70. The predicted octanol–water partition coefficient (Wildman–Crippen LogP) is 0.0483. The third-order valence-corrected chi connectivity index (χ3v) is 2.43. The standard InChI is InChI=1S/C9H18N2O2/c1-10-9(12)8-4-3-5-11(6-8)7-13-2/h8H,3-7H2,1-2H3,(H,10,12). The molecule has 1 atom stereocenters. The molecular formula is C9H18N2O2. The Morgan fingerprint density at radius 2 is 2.46 bits per heavy atom. The minimum atomic E-state index is 0.147. The minimum Gasteiger partial charge on any atom is -0.369 e. The Kier molecular flexibility index (Phi) is 4.18. The highest BCUT2D eigenvalue weighted by Crippen LogP contribution is 2.15. The molecular weight excluding hydrogens is 168 g/mol. The van der Waals surface area contributed by atoms with Gasteiger partial charge in [0, 0.05) is 27.2 Å². The molecule has 0 aromatic carbocycles. The summed E-state index contributed by atoms with van der Waals surface area (Å²) in [5, 5.41) is 2.69. The van der Waals surface area contributed by atoms with Crippen molar-refractivity contribution in [1.29, 1.82) is 0 Å². The lowest BCUT2D eigenvalue weighted by atomic mass is 9.98. The maximum Gasteiger partial charge on any atom is 0.224 e. The first-order valence-electron chi connectivity index (χ1n) is 4.70. The highest BCUT2D eigenvalue weighted by molar-refractivity contribution is 5.78. The van der Waals surface area contributed by atoms with E-state index in [2.05, 4.69) is 10.2 Å². The molecule has 0 spiro atoms. The lowest BCUT2D eigenvalue weighted by Gasteiger charge is -2.30. The summed E-state index contributed by atoms with van der Waals surface area (Å²) >= 11 is 0. The Labute approximate surface area is 79.2 Å². The van der Waals surface area contributed by atoms with Gasteiger partial charge in [0.15, 0.2) is 0 Å². The van der Waals surface area contributed by atoms with Crippen molar-refractivity contribution in [2.24, 2.45) is 5.92 Å². The summed E-state index contributed by atoms with van der Waals surface area (Å²) in [5.74, 6) is 0.301. The average molecular weight is 186 g/mol. The Balaban J connectivity index is 2.37. The van der Waals surface area contributed by atoms with Gasteiger partial charge >= 0.3 is 0 Å². The van der Waals surface area contributed by atoms with Crippen molar-refractivity contribution in [2.75, 3.05) is 34.0 Å². The van der Waals surface area contributed by atoms with Gasteiger partial charge in [-0.05, 0) is 12.8 Å². The van der Waals surface area contributed by atoms with Crippen molar-refractivity contribution < 1.29 is 9.53 Å². The second kappa shape index (κ2) is 5.19. The molecule has 1 amide bonds. The van der Waals surface area contributed by atoms with Gasteiger partial charge in [0.05, 0.1) is 12.6 Å². The molecule has 4 nitrogen and oxygen atoms in total. The maximum atomic E-state index is 11.3. The van der Waals surface area contributed by atoms with Gasteiger partial charge in [-0.1, -0.05) is 0 Å². The van der Waals surface area contributed by atoms with Crippen LogP contribution in [0, 0.1) is 5.92 Å². The van der Waals surface area contributed by atoms with E-state index in [1.807, 2.05) is 0 Å². The van der Waals surface area contributed by atoms with Gasteiger partial charge in [-0.25, -0.2) is 0 Å². The molecule has 1 heterocycles. The number of carbonyl (C=O) groups is 1. The highest BCUT2D eigenvalue weighted by atomic mass is 16.5. The number of likely N-dealkylation sites (tertiary alicyclic amines) is 1. The zero-order valence-corrected chi connectivity index (χ0v) is 8.38. The van der Waals surface area contributed by atoms with Gasteiger partial charge in [0.1, 0.15) is 0 Å². The molecule has 4 heteroatoms. The van der Waals surface area contributed by atoms with Crippen LogP contribution in [0.5, 0.6) is 0 Å². The monoisotopic (exact) mass is 186 g/mol. The zero-order chi connectivity index (χ0) is 9.68. The van der Waals surface area contributed by atoms with Crippen LogP contribution < -0.4 is 5.32 Å². The number of nitrogens with one attached hydrogen (secondary N) is 1. The van der Waals surface area contributed by atoms with Crippen LogP contribution in [0.4, 0.5) is 0 Å². The fourth-order valence-corrected chi connectivity index (χ4v) is 1.77. The highest BCUT2D eigenvalue weighted by Gasteiger charge is 2.24. The van der Waals surface area contributed by atoms with Gasteiger partial charge < -0.3 is 10.1 Å². The number of hydrogen-bond donors (Lipinski definition) is 1. The summed E-state index contributed by atoms with van der Waals surface area (Å²) in [4.78, 5) is 13.5. The van der Waals surface area contributed by atoms with Crippen molar-refractivity contribution in [3.05, 3.63) is 0 Å². The molecule has 76 valence electrons. The van der Waals surface area contributed by atoms with E-state index < -0.39 is 0 Å². The second-order valence-electron chi connectivity index (χ2n) is 3.45. The first-order chi connectivity index (χ1) is 6.27. The third-order valence-electron chi connectivity index (χ3n) is 2.43. The number of ether oxygens (including phenoxy) is 1. The number of nitrogens with zero attached hydrogens (tertiary/aromatic N) is 1. The Morgan fingerprint density at radius 3 is 3.08 bits per heavy atom. The second-order valence-corrected chi connectivity index (χ2v) is 3.45. The predicted molar refractivity (Wildman–Crippen MR) is 50.2 cm³/mol. The number of rotatable bonds is 3. The number of carbonyl (C=O) groups excluding carboxylic acids is 1. The van der Waals surface area contributed by atoms with Gasteiger partial charge in [-0.15, -0.1) is 0 Å². The third kappa shape index (κ3) is 2.97. The van der Waals surface area contributed by atoms with Crippen molar-refractivity contribution in [2.45, 2.75) is 12.8 Å². The average Bonchev–Trinajstić information content (AvgIpc) is 2.18. The minimum absolute atomic E-state index is 0.147. The molecule has 0 saturated carbocycles. The van der Waals surface area contributed by atoms with Crippen LogP contribution in [-0.2, 0) is 9.53 Å². The molecule has 1 aliphatic rings. The Morgan fingerprint density at radius 1 is 1.69 bits per heavy atom. The number of hydrogen-bond acceptors (Lipinski definition) is 3. The fraction of sp³-hybridized carbons (Fsp3) is 0.889. The molecule has 0 aromatic rings. The smallest absolute Gasteiger partial charge is 0.224 e. The summed E-state index contributed by atoms with van der Waals surface area (Å²) < 4.78 is 5.04. The Bertz CT molecular complexity index is 171. The van der Waals surface area contributed by atoms with Gasteiger partial charge in [-0.2, -0.15) is 0 Å². The summed E-state index contributed by atoms with van der Waals surface area (Å²) in [7, 11) is 3.38. The van der Waals surface area contributed by atoms with Crippen molar-refractivity contribution in [3.63, 3.8) is 0 Å². The lowest BCUT2D eigenvalue weighted by Crippen LogP contribution is -2.42. The van der Waals surface area contributed by atoms with Crippen LogP contribution in [0.25, 0.3) is 0 Å². The summed E-state index contributed by atoms with van der Waals surface area (Å²) in [6, 6.07) is 0. The molecule has 0 bridgehead atoms.